The van der Waals surface area contributed by atoms with E-state index in [4.69, 9.17) is 0 Å². The average Bonchev–Trinajstić information content (AvgIpc) is 3.74. The largest absolute Gasteiger partial charge is 0.310 e. The molecule has 0 atom stereocenters. The number of anilines is 3. The van der Waals surface area contributed by atoms with Gasteiger partial charge in [-0.2, -0.15) is 0 Å². The number of fused-ring (bicyclic) bond motifs is 12. The second-order valence-corrected chi connectivity index (χ2v) is 19.4. The minimum atomic E-state index is -1.97. The molecule has 218 valence electrons. The maximum Gasteiger partial charge on any atom is 0.113 e. The summed E-state index contributed by atoms with van der Waals surface area (Å²) in [5.41, 5.74) is 6.51. The summed E-state index contributed by atoms with van der Waals surface area (Å²) in [6, 6.07) is 52.2. The maximum atomic E-state index is 2.53. The summed E-state index contributed by atoms with van der Waals surface area (Å²) in [5, 5.41) is 11.2. The van der Waals surface area contributed by atoms with E-state index in [0.29, 0.717) is 0 Å². The summed E-state index contributed by atoms with van der Waals surface area (Å²) in [7, 11) is -1.97. The first-order valence-corrected chi connectivity index (χ1v) is 20.5. The van der Waals surface area contributed by atoms with E-state index in [1.54, 1.807) is 5.19 Å². The molecule has 0 bridgehead atoms. The van der Waals surface area contributed by atoms with Crippen LogP contribution in [-0.2, 0) is 0 Å². The predicted molar refractivity (Wildman–Crippen MR) is 207 cm³/mol. The minimum Gasteiger partial charge on any atom is -0.310 e. The molecule has 0 saturated heterocycles. The Labute approximate surface area is 276 Å². The van der Waals surface area contributed by atoms with Gasteiger partial charge >= 0.3 is 0 Å². The van der Waals surface area contributed by atoms with Crippen LogP contribution >= 0.6 is 22.7 Å². The Hall–Kier alpha value is -4.74. The highest BCUT2D eigenvalue weighted by Crippen LogP contribution is 2.48. The highest BCUT2D eigenvalue weighted by Gasteiger charge is 2.39. The van der Waals surface area contributed by atoms with Crippen LogP contribution in [0.1, 0.15) is 0 Å². The fraction of sp³-hybridized carbons (Fsp3) is 0.0476. The van der Waals surface area contributed by atoms with Gasteiger partial charge in [-0.05, 0) is 80.8 Å². The van der Waals surface area contributed by atoms with Crippen LogP contribution in [0.15, 0.2) is 140 Å². The van der Waals surface area contributed by atoms with Gasteiger partial charge in [-0.3, -0.25) is 0 Å². The first-order chi connectivity index (χ1) is 22.6. The molecule has 1 aliphatic rings. The van der Waals surface area contributed by atoms with Gasteiger partial charge in [0.2, 0.25) is 0 Å². The van der Waals surface area contributed by atoms with Gasteiger partial charge in [-0.1, -0.05) is 104 Å². The molecule has 9 aromatic rings. The lowest BCUT2D eigenvalue weighted by Crippen LogP contribution is -2.49. The van der Waals surface area contributed by atoms with E-state index >= 15 is 0 Å². The summed E-state index contributed by atoms with van der Waals surface area (Å²) in [6.07, 6.45) is 0. The molecule has 7 aromatic carbocycles. The van der Waals surface area contributed by atoms with Crippen molar-refractivity contribution in [3.63, 3.8) is 0 Å². The number of benzene rings is 7. The zero-order valence-corrected chi connectivity index (χ0v) is 28.2. The molecule has 1 nitrogen and oxygen atoms in total. The lowest BCUT2D eigenvalue weighted by atomic mass is 9.99. The molecule has 0 spiro atoms. The molecule has 0 N–H and O–H groups in total. The van der Waals surface area contributed by atoms with Crippen LogP contribution in [-0.4, -0.2) is 8.07 Å². The van der Waals surface area contributed by atoms with E-state index in [1.807, 2.05) is 22.7 Å². The molecule has 46 heavy (non-hydrogen) atoms. The van der Waals surface area contributed by atoms with Gasteiger partial charge < -0.3 is 4.90 Å². The lowest BCUT2D eigenvalue weighted by Gasteiger charge is -2.28. The average molecular weight is 640 g/mol. The van der Waals surface area contributed by atoms with E-state index in [-0.39, 0.29) is 0 Å². The third-order valence-corrected chi connectivity index (χ3v) is 15.9. The normalized spacial score (nSPS) is 13.6. The van der Waals surface area contributed by atoms with Crippen molar-refractivity contribution in [3.05, 3.63) is 140 Å². The van der Waals surface area contributed by atoms with E-state index < -0.39 is 8.07 Å². The van der Waals surface area contributed by atoms with E-state index in [2.05, 4.69) is 158 Å². The summed E-state index contributed by atoms with van der Waals surface area (Å²) in [6.45, 7) is 5.07. The van der Waals surface area contributed by atoms with Crippen molar-refractivity contribution in [2.75, 3.05) is 4.90 Å². The first-order valence-electron chi connectivity index (χ1n) is 15.9. The quantitative estimate of drug-likeness (QED) is 0.174. The summed E-state index contributed by atoms with van der Waals surface area (Å²) >= 11 is 3.83. The molecule has 3 heterocycles. The molecule has 10 rings (SSSR count). The number of nitrogens with zero attached hydrogens (tertiary/aromatic N) is 1. The number of thiophene rings is 2. The second kappa shape index (κ2) is 9.63. The maximum absolute atomic E-state index is 2.53. The Morgan fingerprint density at radius 3 is 2.15 bits per heavy atom. The Morgan fingerprint density at radius 1 is 0.500 bits per heavy atom. The second-order valence-electron chi connectivity index (χ2n) is 12.9. The zero-order valence-electron chi connectivity index (χ0n) is 25.5. The fourth-order valence-electron chi connectivity index (χ4n) is 7.89. The first kappa shape index (κ1) is 26.5. The topological polar surface area (TPSA) is 3.24 Å². The standard InChI is InChI=1S/C42H29NS2Si/c1-46(2)37-24-23-36-40(30-15-8-9-17-34(30)44-36)41(37)31-22-20-28(25-38(31)46)43(27-12-4-3-5-13-27)33-16-10-18-35-39(33)32-21-19-26-11-6-7-14-29(26)42(32)45-35/h3-25H,1-2H3. The van der Waals surface area contributed by atoms with E-state index in [1.165, 1.54) is 84.5 Å². The van der Waals surface area contributed by atoms with Crippen molar-refractivity contribution in [1.29, 1.82) is 0 Å². The Kier molecular flexibility index (Phi) is 5.54. The van der Waals surface area contributed by atoms with Gasteiger partial charge in [0.25, 0.3) is 0 Å². The third-order valence-electron chi connectivity index (χ3n) is 10.0. The van der Waals surface area contributed by atoms with Gasteiger partial charge in [-0.25, -0.2) is 0 Å². The van der Waals surface area contributed by atoms with Crippen LogP contribution in [0.3, 0.4) is 0 Å². The van der Waals surface area contributed by atoms with Crippen LogP contribution in [0, 0.1) is 0 Å². The summed E-state index contributed by atoms with van der Waals surface area (Å²) in [4.78, 5) is 2.49. The molecule has 0 radical (unpaired) electrons. The van der Waals surface area contributed by atoms with Crippen molar-refractivity contribution >= 4 is 109 Å². The fourth-order valence-corrected chi connectivity index (χ4v) is 13.3. The number of hydrogen-bond acceptors (Lipinski definition) is 3. The summed E-state index contributed by atoms with van der Waals surface area (Å²) in [5.74, 6) is 0. The van der Waals surface area contributed by atoms with Crippen molar-refractivity contribution < 1.29 is 0 Å². The van der Waals surface area contributed by atoms with Crippen LogP contribution in [0.5, 0.6) is 0 Å². The Balaban J connectivity index is 1.24. The van der Waals surface area contributed by atoms with Crippen LogP contribution in [0.2, 0.25) is 13.1 Å². The smallest absolute Gasteiger partial charge is 0.113 e. The molecule has 0 amide bonds. The molecule has 0 aliphatic carbocycles. The monoisotopic (exact) mass is 639 g/mol. The minimum absolute atomic E-state index is 1.18. The highest BCUT2D eigenvalue weighted by atomic mass is 32.1. The van der Waals surface area contributed by atoms with Crippen molar-refractivity contribution in [2.24, 2.45) is 0 Å². The van der Waals surface area contributed by atoms with Crippen LogP contribution < -0.4 is 15.3 Å². The molecule has 0 saturated carbocycles. The molecule has 4 heteroatoms. The van der Waals surface area contributed by atoms with Gasteiger partial charge in [-0.15, -0.1) is 22.7 Å². The Morgan fingerprint density at radius 2 is 1.26 bits per heavy atom. The van der Waals surface area contributed by atoms with Gasteiger partial charge in [0.05, 0.1) is 5.69 Å². The molecule has 1 aliphatic heterocycles. The predicted octanol–water partition coefficient (Wildman–Crippen LogP) is 11.8. The molecule has 0 unspecified atom stereocenters. The van der Waals surface area contributed by atoms with Crippen LogP contribution in [0.4, 0.5) is 17.1 Å². The third kappa shape index (κ3) is 3.60. The molecule has 0 fully saturated rings. The van der Waals surface area contributed by atoms with Crippen molar-refractivity contribution in [3.8, 4) is 11.1 Å². The summed E-state index contributed by atoms with van der Waals surface area (Å²) < 4.78 is 5.43. The zero-order chi connectivity index (χ0) is 30.6. The van der Waals surface area contributed by atoms with Gasteiger partial charge in [0, 0.05) is 51.7 Å². The highest BCUT2D eigenvalue weighted by molar-refractivity contribution is 7.27. The molecular weight excluding hydrogens is 611 g/mol. The van der Waals surface area contributed by atoms with Gasteiger partial charge in [0.1, 0.15) is 8.07 Å². The molecule has 2 aromatic heterocycles. The van der Waals surface area contributed by atoms with Crippen molar-refractivity contribution in [2.45, 2.75) is 13.1 Å². The SMILES string of the molecule is C[Si]1(C)c2cc(N(c3ccccc3)c3cccc4sc5c6ccccc6ccc5c34)ccc2-c2c1ccc1sc3ccccc3c21. The van der Waals surface area contributed by atoms with Gasteiger partial charge in [0.15, 0.2) is 0 Å². The molecular formula is C42H29NS2Si. The van der Waals surface area contributed by atoms with Crippen LogP contribution in [0.25, 0.3) is 62.2 Å². The lowest BCUT2D eigenvalue weighted by molar-refractivity contribution is 1.30. The van der Waals surface area contributed by atoms with Crippen molar-refractivity contribution in [1.82, 2.24) is 0 Å². The van der Waals surface area contributed by atoms with E-state index in [9.17, 15) is 0 Å². The number of para-hydroxylation sites is 1. The van der Waals surface area contributed by atoms with E-state index in [0.717, 1.165) is 0 Å². The Bertz CT molecular complexity index is 2680. The number of rotatable bonds is 3. The number of hydrogen-bond donors (Lipinski definition) is 0.